The van der Waals surface area contributed by atoms with Crippen LogP contribution in [0.5, 0.6) is 0 Å². The molecule has 0 unspecified atom stereocenters. The van der Waals surface area contributed by atoms with Crippen molar-refractivity contribution < 1.29 is 75.4 Å². The molecular formula is C45H40Cl2F6Zr-2. The molecule has 9 heteroatoms. The molecule has 0 saturated heterocycles. The van der Waals surface area contributed by atoms with E-state index in [2.05, 4.69) is 72.3 Å². The van der Waals surface area contributed by atoms with Gasteiger partial charge in [0.2, 0.25) is 0 Å². The van der Waals surface area contributed by atoms with E-state index < -0.39 is 23.5 Å². The molecule has 4 aromatic carbocycles. The second-order valence-electron chi connectivity index (χ2n) is 15.1. The summed E-state index contributed by atoms with van der Waals surface area (Å²) < 4.78 is 75.6. The van der Waals surface area contributed by atoms with Crippen molar-refractivity contribution in [2.45, 2.75) is 72.2 Å². The van der Waals surface area contributed by atoms with Gasteiger partial charge in [0.1, 0.15) is 0 Å². The molecule has 0 fully saturated rings. The third kappa shape index (κ3) is 8.74. The van der Waals surface area contributed by atoms with Crippen molar-refractivity contribution in [2.24, 2.45) is 5.41 Å². The molecule has 4 aliphatic rings. The van der Waals surface area contributed by atoms with Gasteiger partial charge in [-0.3, -0.25) is 0 Å². The minimum atomic E-state index is -4.41. The van der Waals surface area contributed by atoms with E-state index in [0.29, 0.717) is 14.3 Å². The Labute approximate surface area is 341 Å². The Morgan fingerprint density at radius 3 is 1.72 bits per heavy atom. The Hall–Kier alpha value is -3.25. The van der Waals surface area contributed by atoms with Gasteiger partial charge in [-0.2, -0.15) is 23.4 Å². The molecule has 0 heterocycles. The number of hydrogen-bond acceptors (Lipinski definition) is 0. The van der Waals surface area contributed by atoms with E-state index in [1.165, 1.54) is 51.4 Å². The summed E-state index contributed by atoms with van der Waals surface area (Å²) >= 11 is 0.898. The largest absolute Gasteiger partial charge is 1.00 e. The van der Waals surface area contributed by atoms with Crippen LogP contribution in [0, 0.1) is 11.8 Å². The molecule has 0 amide bonds. The normalized spacial score (nSPS) is 16.7. The van der Waals surface area contributed by atoms with Gasteiger partial charge in [0.15, 0.2) is 0 Å². The molecule has 4 aromatic rings. The second-order valence-corrected chi connectivity index (χ2v) is 16.4. The molecule has 0 N–H and O–H groups in total. The van der Waals surface area contributed by atoms with Crippen LogP contribution in [0.15, 0.2) is 103 Å². The van der Waals surface area contributed by atoms with Crippen molar-refractivity contribution in [1.29, 1.82) is 0 Å². The summed E-state index contributed by atoms with van der Waals surface area (Å²) in [7, 11) is 0. The molecule has 0 saturated carbocycles. The first-order chi connectivity index (χ1) is 24.3. The number of halogens is 8. The predicted octanol–water partition coefficient (Wildman–Crippen LogP) is 5.10. The fourth-order valence-electron chi connectivity index (χ4n) is 7.80. The zero-order valence-corrected chi connectivity index (χ0v) is 34.8. The van der Waals surface area contributed by atoms with Crippen molar-refractivity contribution in [3.63, 3.8) is 0 Å². The Morgan fingerprint density at radius 2 is 1.26 bits per heavy atom. The van der Waals surface area contributed by atoms with Gasteiger partial charge in [0, 0.05) is 0 Å². The maximum Gasteiger partial charge on any atom is -0.172 e. The van der Waals surface area contributed by atoms with Crippen LogP contribution in [-0.2, 0) is 48.4 Å². The fourth-order valence-corrected chi connectivity index (χ4v) is 8.62. The topological polar surface area (TPSA) is 0 Å². The van der Waals surface area contributed by atoms with Crippen molar-refractivity contribution in [3.8, 4) is 0 Å². The average Bonchev–Trinajstić information content (AvgIpc) is 3.87. The summed E-state index contributed by atoms with van der Waals surface area (Å²) in [6.07, 6.45) is 5.47. The number of allylic oxidation sites excluding steroid dienone is 6. The summed E-state index contributed by atoms with van der Waals surface area (Å²) in [5, 5.41) is 3.00. The van der Waals surface area contributed by atoms with Crippen molar-refractivity contribution in [2.75, 3.05) is 0 Å². The predicted molar refractivity (Wildman–Crippen MR) is 197 cm³/mol. The van der Waals surface area contributed by atoms with Gasteiger partial charge >= 0.3 is 137 Å². The Morgan fingerprint density at radius 1 is 0.741 bits per heavy atom. The van der Waals surface area contributed by atoms with Crippen LogP contribution in [0.1, 0.15) is 92.5 Å². The molecular weight excluding hydrogens is 817 g/mol. The number of fused-ring (bicyclic) bond motifs is 7. The molecule has 54 heavy (non-hydrogen) atoms. The summed E-state index contributed by atoms with van der Waals surface area (Å²) in [5.74, 6) is 0. The van der Waals surface area contributed by atoms with Gasteiger partial charge in [-0.1, -0.05) is 75.1 Å². The van der Waals surface area contributed by atoms with Crippen LogP contribution in [0.3, 0.4) is 0 Å². The van der Waals surface area contributed by atoms with Gasteiger partial charge in [-0.25, -0.2) is 24.1 Å². The number of hydrogen-bond donors (Lipinski definition) is 0. The van der Waals surface area contributed by atoms with Crippen molar-refractivity contribution >= 4 is 26.0 Å². The molecule has 282 valence electrons. The first-order valence-electron chi connectivity index (χ1n) is 17.3. The summed E-state index contributed by atoms with van der Waals surface area (Å²) in [4.78, 5) is 0. The van der Waals surface area contributed by atoms with Gasteiger partial charge < -0.3 is 24.8 Å². The standard InChI is InChI=1S/C25H27.C15H8F6.C5H5.2ClH.Zr/c1-14-7-8-17-20(14)22-18(23-21(17)15(2)12-25(23,5)6)11-16-9-10-24(3,4)13-19(16)22;16-14(17,18)12-5-1-10(2-6-12)9-11-3-7-13(8-4-11)15(19,20)21;1-2-4-5-3-1;;;/h7-10,12H,11,13H2,1-6H3;1-8H;1-5H;2*1H;/q-1;;-1;;;+2/p-2. The Kier molecular flexibility index (Phi) is 12.9. The van der Waals surface area contributed by atoms with Gasteiger partial charge in [0.05, 0.1) is 0 Å². The molecule has 8 rings (SSSR count). The first-order valence-corrected chi connectivity index (χ1v) is 18.5. The van der Waals surface area contributed by atoms with Crippen LogP contribution in [0.4, 0.5) is 26.3 Å². The monoisotopic (exact) mass is 854 g/mol. The van der Waals surface area contributed by atoms with Crippen LogP contribution in [-0.4, -0.2) is 3.21 Å². The van der Waals surface area contributed by atoms with Crippen LogP contribution < -0.4 is 35.3 Å². The third-order valence-electron chi connectivity index (χ3n) is 10.1. The molecule has 0 aromatic heterocycles. The third-order valence-corrected chi connectivity index (χ3v) is 11.6. The van der Waals surface area contributed by atoms with E-state index in [0.717, 1.165) is 61.3 Å². The zero-order chi connectivity index (χ0) is 37.8. The SMILES string of the molecule is CC1=CC=c2c1c1c(c3c2=C(C)[CH-]C3(C)C)CC2=C1CC(C)(C)C=C2.FC(F)(F)c1ccc([C](=[Zr+2])c2ccc(C(F)(F)F)cc2)cc1.[Cl-].[Cl-].c1cc[cH-]c1. The molecule has 0 aliphatic heterocycles. The van der Waals surface area contributed by atoms with E-state index in [9.17, 15) is 26.3 Å². The zero-order valence-electron chi connectivity index (χ0n) is 30.8. The molecule has 0 bridgehead atoms. The van der Waals surface area contributed by atoms with Crippen molar-refractivity contribution in [1.82, 2.24) is 0 Å². The quantitative estimate of drug-likeness (QED) is 0.195. The minimum Gasteiger partial charge on any atom is -1.00 e. The Balaban J connectivity index is 0.000000208. The number of alkyl halides is 6. The number of rotatable bonds is 2. The summed E-state index contributed by atoms with van der Waals surface area (Å²) in [5.41, 5.74) is 12.4. The summed E-state index contributed by atoms with van der Waals surface area (Å²) in [6.45, 7) is 14.1. The molecule has 0 atom stereocenters. The van der Waals surface area contributed by atoms with Crippen LogP contribution in [0.2, 0.25) is 0 Å². The Bertz CT molecular complexity index is 2170. The van der Waals surface area contributed by atoms with Gasteiger partial charge in [-0.15, -0.1) is 5.56 Å². The van der Waals surface area contributed by atoms with E-state index in [1.54, 1.807) is 27.8 Å². The smallest absolute Gasteiger partial charge is 0.172 e. The van der Waals surface area contributed by atoms with E-state index in [1.807, 2.05) is 30.3 Å². The van der Waals surface area contributed by atoms with Gasteiger partial charge in [-0.05, 0) is 53.0 Å². The maximum atomic E-state index is 12.5. The molecule has 0 spiro atoms. The van der Waals surface area contributed by atoms with E-state index >= 15 is 0 Å². The first kappa shape index (κ1) is 43.5. The van der Waals surface area contributed by atoms with E-state index in [-0.39, 0.29) is 35.6 Å². The number of benzene rings is 3. The maximum absolute atomic E-state index is 12.5. The minimum absolute atomic E-state index is 0. The molecule has 0 nitrogen and oxygen atoms in total. The van der Waals surface area contributed by atoms with Crippen LogP contribution in [0.25, 0.3) is 22.8 Å². The van der Waals surface area contributed by atoms with E-state index in [4.69, 9.17) is 0 Å². The van der Waals surface area contributed by atoms with Crippen molar-refractivity contribution in [3.05, 3.63) is 164 Å². The van der Waals surface area contributed by atoms with Gasteiger partial charge in [0.25, 0.3) is 0 Å². The van der Waals surface area contributed by atoms with Crippen LogP contribution >= 0.6 is 0 Å². The second kappa shape index (κ2) is 16.1. The summed E-state index contributed by atoms with van der Waals surface area (Å²) in [6, 6.07) is 19.1. The fraction of sp³-hybridized carbons (Fsp3) is 0.267. The average molecular weight is 857 g/mol. The molecule has 4 aliphatic carbocycles. The molecule has 0 radical (unpaired) electrons.